The van der Waals surface area contributed by atoms with E-state index in [-0.39, 0.29) is 23.8 Å². The van der Waals surface area contributed by atoms with E-state index in [2.05, 4.69) is 0 Å². The molecule has 0 bridgehead atoms. The number of thiophene rings is 1. The Bertz CT molecular complexity index is 648. The van der Waals surface area contributed by atoms with Crippen LogP contribution in [0.25, 0.3) is 0 Å². The van der Waals surface area contributed by atoms with Crippen molar-refractivity contribution in [2.75, 3.05) is 0 Å². The summed E-state index contributed by atoms with van der Waals surface area (Å²) in [6.07, 6.45) is 4.79. The molecular formula is C16H18N2O3S. The number of hydrogen-bond donors (Lipinski definition) is 0. The fraction of sp³-hybridized carbons (Fsp3) is 0.562. The van der Waals surface area contributed by atoms with Gasteiger partial charge in [0.2, 0.25) is 5.91 Å². The number of nitrogens with zero attached hydrogens (tertiary/aromatic N) is 2. The molecule has 1 atom stereocenters. The summed E-state index contributed by atoms with van der Waals surface area (Å²) in [4.78, 5) is 40.7. The summed E-state index contributed by atoms with van der Waals surface area (Å²) in [7, 11) is 0. The van der Waals surface area contributed by atoms with Gasteiger partial charge in [-0.1, -0.05) is 12.8 Å². The van der Waals surface area contributed by atoms with Gasteiger partial charge in [0.1, 0.15) is 6.04 Å². The van der Waals surface area contributed by atoms with Gasteiger partial charge in [-0.15, -0.1) is 0 Å². The molecule has 1 unspecified atom stereocenters. The van der Waals surface area contributed by atoms with E-state index in [9.17, 15) is 14.4 Å². The smallest absolute Gasteiger partial charge is 0.256 e. The lowest BCUT2D eigenvalue weighted by molar-refractivity contribution is -0.155. The standard InChI is InChI=1S/C16H18N2O3S/c19-14-6-5-13(16(21)18(14)11-3-1-2-4-11)17-7-10-8-22-9-12(10)15(17)20/h8-9,11,13H,1-7H2. The number of rotatable bonds is 2. The minimum Gasteiger partial charge on any atom is -0.322 e. The molecule has 1 aliphatic carbocycles. The number of piperidine rings is 1. The van der Waals surface area contributed by atoms with Crippen LogP contribution >= 0.6 is 11.3 Å². The maximum Gasteiger partial charge on any atom is 0.256 e. The number of carbonyl (C=O) groups is 3. The minimum atomic E-state index is -0.469. The number of likely N-dealkylation sites (tertiary alicyclic amines) is 1. The van der Waals surface area contributed by atoms with Crippen molar-refractivity contribution in [1.29, 1.82) is 0 Å². The largest absolute Gasteiger partial charge is 0.322 e. The van der Waals surface area contributed by atoms with Crippen LogP contribution in [0.1, 0.15) is 54.4 Å². The van der Waals surface area contributed by atoms with Crippen LogP contribution in [0.2, 0.25) is 0 Å². The number of fused-ring (bicyclic) bond motifs is 1. The highest BCUT2D eigenvalue weighted by atomic mass is 32.1. The van der Waals surface area contributed by atoms with E-state index in [1.165, 1.54) is 16.2 Å². The van der Waals surface area contributed by atoms with Gasteiger partial charge in [0.15, 0.2) is 0 Å². The monoisotopic (exact) mass is 318 g/mol. The second kappa shape index (κ2) is 5.19. The maximum atomic E-state index is 12.8. The van der Waals surface area contributed by atoms with Crippen molar-refractivity contribution in [2.24, 2.45) is 0 Å². The van der Waals surface area contributed by atoms with E-state index >= 15 is 0 Å². The first kappa shape index (κ1) is 13.9. The molecule has 3 aliphatic rings. The Hall–Kier alpha value is -1.69. The molecule has 6 heteroatoms. The molecule has 2 fully saturated rings. The quantitative estimate of drug-likeness (QED) is 0.785. The summed E-state index contributed by atoms with van der Waals surface area (Å²) in [6.45, 7) is 0.501. The molecule has 1 aromatic rings. The summed E-state index contributed by atoms with van der Waals surface area (Å²) in [5.74, 6) is -0.283. The Labute approximate surface area is 132 Å². The van der Waals surface area contributed by atoms with Crippen LogP contribution < -0.4 is 0 Å². The average molecular weight is 318 g/mol. The molecule has 22 heavy (non-hydrogen) atoms. The van der Waals surface area contributed by atoms with Gasteiger partial charge in [-0.2, -0.15) is 11.3 Å². The predicted octanol–water partition coefficient (Wildman–Crippen LogP) is 2.16. The van der Waals surface area contributed by atoms with E-state index in [0.29, 0.717) is 19.4 Å². The van der Waals surface area contributed by atoms with Crippen molar-refractivity contribution in [3.05, 3.63) is 21.9 Å². The zero-order valence-electron chi connectivity index (χ0n) is 12.3. The Balaban J connectivity index is 1.58. The highest BCUT2D eigenvalue weighted by Crippen LogP contribution is 2.33. The molecule has 2 aliphatic heterocycles. The lowest BCUT2D eigenvalue weighted by Gasteiger charge is -2.38. The third kappa shape index (κ3) is 2.00. The zero-order valence-corrected chi connectivity index (χ0v) is 13.1. The molecule has 1 saturated carbocycles. The summed E-state index contributed by atoms with van der Waals surface area (Å²) in [5.41, 5.74) is 1.73. The second-order valence-corrected chi connectivity index (χ2v) is 7.08. The summed E-state index contributed by atoms with van der Waals surface area (Å²) < 4.78 is 0. The molecule has 4 rings (SSSR count). The molecular weight excluding hydrogens is 300 g/mol. The van der Waals surface area contributed by atoms with Crippen LogP contribution in [-0.4, -0.2) is 39.6 Å². The molecule has 0 N–H and O–H groups in total. The highest BCUT2D eigenvalue weighted by Gasteiger charge is 2.45. The van der Waals surface area contributed by atoms with Crippen molar-refractivity contribution in [3.8, 4) is 0 Å². The number of imide groups is 1. The van der Waals surface area contributed by atoms with Gasteiger partial charge in [-0.25, -0.2) is 0 Å². The summed E-state index contributed by atoms with van der Waals surface area (Å²) >= 11 is 1.52. The maximum absolute atomic E-state index is 12.8. The molecule has 5 nitrogen and oxygen atoms in total. The van der Waals surface area contributed by atoms with Crippen molar-refractivity contribution in [3.63, 3.8) is 0 Å². The second-order valence-electron chi connectivity index (χ2n) is 6.34. The summed E-state index contributed by atoms with van der Waals surface area (Å²) in [6, 6.07) is -0.419. The van der Waals surface area contributed by atoms with Crippen molar-refractivity contribution >= 4 is 29.1 Å². The minimum absolute atomic E-state index is 0.0500. The topological polar surface area (TPSA) is 57.7 Å². The Morgan fingerprint density at radius 2 is 1.82 bits per heavy atom. The lowest BCUT2D eigenvalue weighted by atomic mass is 9.99. The molecule has 1 saturated heterocycles. The molecule has 116 valence electrons. The first-order chi connectivity index (χ1) is 10.7. The third-order valence-electron chi connectivity index (χ3n) is 5.06. The van der Waals surface area contributed by atoms with Crippen LogP contribution in [0.5, 0.6) is 0 Å². The van der Waals surface area contributed by atoms with E-state index in [4.69, 9.17) is 0 Å². The number of carbonyl (C=O) groups excluding carboxylic acids is 3. The molecule has 0 spiro atoms. The van der Waals surface area contributed by atoms with E-state index in [1.807, 2.05) is 10.8 Å². The van der Waals surface area contributed by atoms with E-state index in [1.54, 1.807) is 4.90 Å². The lowest BCUT2D eigenvalue weighted by Crippen LogP contribution is -2.57. The average Bonchev–Trinajstić information content (AvgIpc) is 3.19. The van der Waals surface area contributed by atoms with Crippen molar-refractivity contribution in [2.45, 2.75) is 57.2 Å². The Kier molecular flexibility index (Phi) is 3.29. The summed E-state index contributed by atoms with van der Waals surface area (Å²) in [5, 5.41) is 3.82. The fourth-order valence-corrected chi connectivity index (χ4v) is 4.74. The zero-order chi connectivity index (χ0) is 15.3. The van der Waals surface area contributed by atoms with Gasteiger partial charge in [0, 0.05) is 24.4 Å². The number of amides is 3. The van der Waals surface area contributed by atoms with Crippen LogP contribution in [0.3, 0.4) is 0 Å². The van der Waals surface area contributed by atoms with E-state index < -0.39 is 6.04 Å². The van der Waals surface area contributed by atoms with E-state index in [0.717, 1.165) is 36.8 Å². The van der Waals surface area contributed by atoms with Crippen LogP contribution in [0, 0.1) is 0 Å². The van der Waals surface area contributed by atoms with Gasteiger partial charge < -0.3 is 4.90 Å². The van der Waals surface area contributed by atoms with Gasteiger partial charge in [-0.05, 0) is 30.2 Å². The van der Waals surface area contributed by atoms with Gasteiger partial charge in [-0.3, -0.25) is 19.3 Å². The van der Waals surface area contributed by atoms with Gasteiger partial charge >= 0.3 is 0 Å². The first-order valence-corrected chi connectivity index (χ1v) is 8.83. The first-order valence-electron chi connectivity index (χ1n) is 7.89. The Morgan fingerprint density at radius 3 is 2.55 bits per heavy atom. The fourth-order valence-electron chi connectivity index (χ4n) is 3.92. The highest BCUT2D eigenvalue weighted by molar-refractivity contribution is 7.08. The molecule has 3 amide bonds. The normalized spacial score (nSPS) is 26.2. The van der Waals surface area contributed by atoms with Crippen LogP contribution in [0.4, 0.5) is 0 Å². The molecule has 3 heterocycles. The van der Waals surface area contributed by atoms with Crippen LogP contribution in [-0.2, 0) is 16.1 Å². The van der Waals surface area contributed by atoms with Gasteiger partial charge in [0.25, 0.3) is 11.8 Å². The predicted molar refractivity (Wildman–Crippen MR) is 81.3 cm³/mol. The SMILES string of the molecule is O=C1c2cscc2CN1C1CCC(=O)N(C2CCCC2)C1=O. The number of hydrogen-bond acceptors (Lipinski definition) is 4. The molecule has 0 radical (unpaired) electrons. The van der Waals surface area contributed by atoms with Crippen molar-refractivity contribution < 1.29 is 14.4 Å². The van der Waals surface area contributed by atoms with Crippen molar-refractivity contribution in [1.82, 2.24) is 9.80 Å². The third-order valence-corrected chi connectivity index (χ3v) is 5.86. The molecule has 0 aromatic carbocycles. The van der Waals surface area contributed by atoms with Gasteiger partial charge in [0.05, 0.1) is 5.56 Å². The Morgan fingerprint density at radius 1 is 1.05 bits per heavy atom. The van der Waals surface area contributed by atoms with Crippen LogP contribution in [0.15, 0.2) is 10.8 Å². The molecule has 1 aromatic heterocycles.